The highest BCUT2D eigenvalue weighted by atomic mass is 35.5. The first kappa shape index (κ1) is 20.4. The van der Waals surface area contributed by atoms with Crippen LogP contribution in [-0.4, -0.2) is 39.3 Å². The summed E-state index contributed by atoms with van der Waals surface area (Å²) in [5.41, 5.74) is 0.692. The summed E-state index contributed by atoms with van der Waals surface area (Å²) in [5.74, 6) is 0.237. The van der Waals surface area contributed by atoms with Gasteiger partial charge >= 0.3 is 0 Å². The van der Waals surface area contributed by atoms with Crippen molar-refractivity contribution in [3.8, 4) is 11.3 Å². The van der Waals surface area contributed by atoms with Crippen LogP contribution in [0.15, 0.2) is 40.8 Å². The number of piperidine rings is 1. The van der Waals surface area contributed by atoms with Crippen molar-refractivity contribution in [3.63, 3.8) is 0 Å². The van der Waals surface area contributed by atoms with Crippen molar-refractivity contribution in [3.05, 3.63) is 48.0 Å². The van der Waals surface area contributed by atoms with E-state index in [0.29, 0.717) is 18.9 Å². The molecule has 5 nitrogen and oxygen atoms in total. The zero-order valence-corrected chi connectivity index (χ0v) is 15.5. The van der Waals surface area contributed by atoms with E-state index in [1.165, 1.54) is 12.1 Å². The molecule has 3 rings (SSSR count). The van der Waals surface area contributed by atoms with Gasteiger partial charge in [0.05, 0.1) is 6.61 Å². The summed E-state index contributed by atoms with van der Waals surface area (Å²) >= 11 is 0. The molecule has 2 heterocycles. The third kappa shape index (κ3) is 4.84. The van der Waals surface area contributed by atoms with Crippen molar-refractivity contribution >= 4 is 18.3 Å². The Balaban J connectivity index is 0.00000243. The highest BCUT2D eigenvalue weighted by Gasteiger charge is 2.32. The molecule has 0 unspecified atom stereocenters. The highest BCUT2D eigenvalue weighted by molar-refractivity contribution is 5.92. The van der Waals surface area contributed by atoms with Gasteiger partial charge in [-0.15, -0.1) is 12.4 Å². The first-order valence-corrected chi connectivity index (χ1v) is 8.46. The molecule has 0 spiro atoms. The smallest absolute Gasteiger partial charge is 0.287 e. The first-order valence-electron chi connectivity index (χ1n) is 8.46. The summed E-state index contributed by atoms with van der Waals surface area (Å²) in [7, 11) is 1.69. The first-order chi connectivity index (χ1) is 12.1. The van der Waals surface area contributed by atoms with Gasteiger partial charge in [0.15, 0.2) is 5.76 Å². The second kappa shape index (κ2) is 9.16. The second-order valence-corrected chi connectivity index (χ2v) is 6.54. The van der Waals surface area contributed by atoms with Crippen LogP contribution in [-0.2, 0) is 4.74 Å². The summed E-state index contributed by atoms with van der Waals surface area (Å²) in [4.78, 5) is 12.4. The molecule has 1 aliphatic heterocycles. The van der Waals surface area contributed by atoms with Crippen molar-refractivity contribution in [2.45, 2.75) is 12.8 Å². The van der Waals surface area contributed by atoms with Crippen molar-refractivity contribution in [2.75, 3.05) is 33.4 Å². The predicted octanol–water partition coefficient (Wildman–Crippen LogP) is 3.25. The fraction of sp³-hybridized carbons (Fsp3) is 0.421. The lowest BCUT2D eigenvalue weighted by atomic mass is 9.79. The maximum Gasteiger partial charge on any atom is 0.287 e. The van der Waals surface area contributed by atoms with Crippen LogP contribution in [0.4, 0.5) is 4.39 Å². The summed E-state index contributed by atoms with van der Waals surface area (Å²) < 4.78 is 24.0. The Kier molecular flexibility index (Phi) is 7.20. The number of methoxy groups -OCH3 is 1. The molecule has 1 fully saturated rings. The monoisotopic (exact) mass is 382 g/mol. The van der Waals surface area contributed by atoms with Gasteiger partial charge in [-0.1, -0.05) is 0 Å². The largest absolute Gasteiger partial charge is 0.451 e. The highest BCUT2D eigenvalue weighted by Crippen LogP contribution is 2.28. The molecule has 1 amide bonds. The van der Waals surface area contributed by atoms with E-state index in [4.69, 9.17) is 9.15 Å². The van der Waals surface area contributed by atoms with E-state index >= 15 is 0 Å². The van der Waals surface area contributed by atoms with Crippen molar-refractivity contribution in [1.29, 1.82) is 0 Å². The van der Waals surface area contributed by atoms with Crippen LogP contribution in [0.1, 0.15) is 23.4 Å². The lowest BCUT2D eigenvalue weighted by Gasteiger charge is -2.37. The molecular formula is C19H24ClFN2O3. The van der Waals surface area contributed by atoms with Crippen molar-refractivity contribution in [2.24, 2.45) is 5.41 Å². The number of ether oxygens (including phenoxy) is 1. The van der Waals surface area contributed by atoms with Crippen LogP contribution in [0.2, 0.25) is 0 Å². The molecule has 0 saturated carbocycles. The molecule has 0 radical (unpaired) electrons. The summed E-state index contributed by atoms with van der Waals surface area (Å²) in [6.07, 6.45) is 1.92. The van der Waals surface area contributed by atoms with E-state index in [1.54, 1.807) is 31.4 Å². The van der Waals surface area contributed by atoms with E-state index in [0.717, 1.165) is 31.5 Å². The average Bonchev–Trinajstić information content (AvgIpc) is 3.12. The number of carbonyl (C=O) groups is 1. The van der Waals surface area contributed by atoms with Crippen molar-refractivity contribution in [1.82, 2.24) is 10.6 Å². The van der Waals surface area contributed by atoms with Gasteiger partial charge in [-0.2, -0.15) is 0 Å². The second-order valence-electron chi connectivity index (χ2n) is 6.54. The van der Waals surface area contributed by atoms with Crippen LogP contribution in [0.25, 0.3) is 11.3 Å². The number of nitrogens with one attached hydrogen (secondary N) is 2. The zero-order valence-electron chi connectivity index (χ0n) is 14.7. The van der Waals surface area contributed by atoms with Gasteiger partial charge < -0.3 is 19.8 Å². The van der Waals surface area contributed by atoms with E-state index in [-0.39, 0.29) is 35.3 Å². The molecule has 1 aromatic carbocycles. The average molecular weight is 383 g/mol. The van der Waals surface area contributed by atoms with E-state index in [9.17, 15) is 9.18 Å². The van der Waals surface area contributed by atoms with Crippen LogP contribution < -0.4 is 10.6 Å². The minimum Gasteiger partial charge on any atom is -0.451 e. The Morgan fingerprint density at radius 1 is 1.23 bits per heavy atom. The van der Waals surface area contributed by atoms with Crippen molar-refractivity contribution < 1.29 is 18.3 Å². The maximum absolute atomic E-state index is 13.0. The van der Waals surface area contributed by atoms with Crippen LogP contribution in [0.3, 0.4) is 0 Å². The molecule has 0 bridgehead atoms. The molecule has 142 valence electrons. The third-order valence-corrected chi connectivity index (χ3v) is 4.70. The Morgan fingerprint density at radius 3 is 2.58 bits per heavy atom. The number of amides is 1. The fourth-order valence-electron chi connectivity index (χ4n) is 3.22. The number of rotatable bonds is 6. The fourth-order valence-corrected chi connectivity index (χ4v) is 3.22. The lowest BCUT2D eigenvalue weighted by Crippen LogP contribution is -2.47. The van der Waals surface area contributed by atoms with Crippen LogP contribution >= 0.6 is 12.4 Å². The van der Waals surface area contributed by atoms with Gasteiger partial charge in [0.25, 0.3) is 5.91 Å². The molecule has 0 aliphatic carbocycles. The van der Waals surface area contributed by atoms with Crippen LogP contribution in [0, 0.1) is 11.2 Å². The lowest BCUT2D eigenvalue weighted by molar-refractivity contribution is 0.0506. The SMILES string of the molecule is COCC1(CNC(=O)c2ccc(-c3ccc(F)cc3)o2)CCNCC1.Cl. The normalized spacial score (nSPS) is 15.9. The number of benzene rings is 1. The Bertz CT molecular complexity index is 706. The third-order valence-electron chi connectivity index (χ3n) is 4.70. The number of furan rings is 1. The Hall–Kier alpha value is -1.89. The number of hydrogen-bond donors (Lipinski definition) is 2. The van der Waals surface area contributed by atoms with E-state index in [2.05, 4.69) is 10.6 Å². The molecule has 2 N–H and O–H groups in total. The molecule has 7 heteroatoms. The summed E-state index contributed by atoms with van der Waals surface area (Å²) in [6.45, 7) is 3.02. The van der Waals surface area contributed by atoms with Gasteiger partial charge in [-0.3, -0.25) is 4.79 Å². The minimum atomic E-state index is -0.307. The quantitative estimate of drug-likeness (QED) is 0.805. The zero-order chi connectivity index (χ0) is 17.7. The molecule has 0 atom stereocenters. The molecule has 1 saturated heterocycles. The summed E-state index contributed by atoms with van der Waals surface area (Å²) in [5, 5.41) is 6.30. The Morgan fingerprint density at radius 2 is 1.92 bits per heavy atom. The molecule has 26 heavy (non-hydrogen) atoms. The predicted molar refractivity (Wildman–Crippen MR) is 100 cm³/mol. The summed E-state index contributed by atoms with van der Waals surface area (Å²) in [6, 6.07) is 9.33. The minimum absolute atomic E-state index is 0. The molecule has 1 aromatic heterocycles. The van der Waals surface area contributed by atoms with Gasteiger partial charge in [0.1, 0.15) is 11.6 Å². The van der Waals surface area contributed by atoms with Gasteiger partial charge in [-0.05, 0) is 62.3 Å². The molecule has 2 aromatic rings. The number of halogens is 2. The van der Waals surface area contributed by atoms with E-state index < -0.39 is 0 Å². The molecular weight excluding hydrogens is 359 g/mol. The molecule has 1 aliphatic rings. The van der Waals surface area contributed by atoms with Crippen LogP contribution in [0.5, 0.6) is 0 Å². The standard InChI is InChI=1S/C19H23FN2O3.ClH/c1-24-13-19(8-10-21-11-9-19)12-22-18(23)17-7-6-16(25-17)14-2-4-15(20)5-3-14;/h2-7,21H,8-13H2,1H3,(H,22,23);1H. The van der Waals surface area contributed by atoms with E-state index in [1.807, 2.05) is 0 Å². The Labute approximate surface area is 158 Å². The number of hydrogen-bond acceptors (Lipinski definition) is 4. The topological polar surface area (TPSA) is 63.5 Å². The number of carbonyl (C=O) groups excluding carboxylic acids is 1. The van der Waals surface area contributed by atoms with Gasteiger partial charge in [-0.25, -0.2) is 4.39 Å². The van der Waals surface area contributed by atoms with Gasteiger partial charge in [0, 0.05) is 24.6 Å². The van der Waals surface area contributed by atoms with Gasteiger partial charge in [0.2, 0.25) is 0 Å². The maximum atomic E-state index is 13.0.